The number of sulfonamides is 1. The van der Waals surface area contributed by atoms with E-state index in [2.05, 4.69) is 20.5 Å². The van der Waals surface area contributed by atoms with E-state index >= 15 is 0 Å². The first-order chi connectivity index (χ1) is 26.0. The van der Waals surface area contributed by atoms with Gasteiger partial charge in [-0.15, -0.1) is 5.10 Å². The first kappa shape index (κ1) is 37.8. The second-order valence-corrected chi connectivity index (χ2v) is 19.2. The Morgan fingerprint density at radius 1 is 1.04 bits per heavy atom. The molecule has 1 saturated heterocycles. The van der Waals surface area contributed by atoms with E-state index in [1.807, 2.05) is 48.9 Å². The molecule has 3 fully saturated rings. The molecule has 0 radical (unpaired) electrons. The quantitative estimate of drug-likeness (QED) is 0.152. The van der Waals surface area contributed by atoms with Crippen LogP contribution < -0.4 is 10.1 Å². The fraction of sp³-hybridized carbons (Fsp3) is 0.561. The summed E-state index contributed by atoms with van der Waals surface area (Å²) in [6.45, 7) is 13.4. The van der Waals surface area contributed by atoms with Crippen molar-refractivity contribution in [3.8, 4) is 5.88 Å². The van der Waals surface area contributed by atoms with Crippen molar-refractivity contribution in [2.45, 2.75) is 121 Å². The summed E-state index contributed by atoms with van der Waals surface area (Å²) < 4.78 is 39.2. The first-order valence-corrected chi connectivity index (χ1v) is 21.0. The van der Waals surface area contributed by atoms with Crippen molar-refractivity contribution in [3.05, 3.63) is 69.8 Å². The molecule has 13 nitrogen and oxygen atoms in total. The Morgan fingerprint density at radius 3 is 2.44 bits per heavy atom. The number of rotatable bonds is 11. The summed E-state index contributed by atoms with van der Waals surface area (Å²) in [6, 6.07) is 11.8. The number of anilines is 1. The number of aromatic nitrogens is 4. The van der Waals surface area contributed by atoms with E-state index in [0.717, 1.165) is 77.6 Å². The maximum atomic E-state index is 14.6. The zero-order chi connectivity index (χ0) is 39.1. The summed E-state index contributed by atoms with van der Waals surface area (Å²) >= 11 is 0. The number of nitrogens with zero attached hydrogens (tertiary/aromatic N) is 6. The number of pyridine rings is 1. The zero-order valence-corrected chi connectivity index (χ0v) is 33.5. The smallest absolute Gasteiger partial charge is 0.310 e. The number of aliphatic carboxylic acids is 1. The Kier molecular flexibility index (Phi) is 9.30. The molecule has 0 bridgehead atoms. The molecule has 14 heteroatoms. The van der Waals surface area contributed by atoms with Gasteiger partial charge in [0.25, 0.3) is 0 Å². The van der Waals surface area contributed by atoms with Crippen LogP contribution in [-0.2, 0) is 21.4 Å². The molecule has 4 aliphatic rings. The van der Waals surface area contributed by atoms with E-state index < -0.39 is 38.7 Å². The number of β-amino-alcohol motifs (C(OH)–C–C–N with tert-alkyl or cyclic N) is 1. The van der Waals surface area contributed by atoms with E-state index in [1.165, 1.54) is 10.7 Å². The molecule has 294 valence electrons. The van der Waals surface area contributed by atoms with Crippen molar-refractivity contribution in [2.75, 3.05) is 31.5 Å². The number of hydrogen-bond acceptors (Lipinski definition) is 10. The molecule has 0 unspecified atom stereocenters. The van der Waals surface area contributed by atoms with Gasteiger partial charge in [-0.25, -0.2) is 13.1 Å². The van der Waals surface area contributed by atoms with Crippen LogP contribution >= 0.6 is 0 Å². The lowest BCUT2D eigenvalue weighted by molar-refractivity contribution is -0.147. The predicted molar refractivity (Wildman–Crippen MR) is 209 cm³/mol. The average molecular weight is 772 g/mol. The number of fused-ring (bicyclic) bond motifs is 2. The fourth-order valence-corrected chi connectivity index (χ4v) is 10.1. The van der Waals surface area contributed by atoms with Crippen molar-refractivity contribution < 1.29 is 28.2 Å². The fourth-order valence-electron chi connectivity index (χ4n) is 8.52. The zero-order valence-electron chi connectivity index (χ0n) is 32.7. The normalized spacial score (nSPS) is 21.4. The number of aliphatic hydroxyl groups is 1. The van der Waals surface area contributed by atoms with Gasteiger partial charge in [0.1, 0.15) is 27.6 Å². The van der Waals surface area contributed by atoms with Crippen LogP contribution in [0, 0.1) is 26.2 Å². The van der Waals surface area contributed by atoms with Gasteiger partial charge >= 0.3 is 5.97 Å². The van der Waals surface area contributed by atoms with Crippen molar-refractivity contribution >= 4 is 32.8 Å². The number of likely N-dealkylation sites (tertiary alicyclic amines) is 1. The molecular formula is C41H53N7O6S. The van der Waals surface area contributed by atoms with Gasteiger partial charge in [0, 0.05) is 19.0 Å². The monoisotopic (exact) mass is 771 g/mol. The van der Waals surface area contributed by atoms with E-state index in [0.29, 0.717) is 36.8 Å². The number of aryl methyl sites for hydroxylation is 3. The summed E-state index contributed by atoms with van der Waals surface area (Å²) in [5.41, 5.74) is 3.26. The minimum Gasteiger partial charge on any atom is -0.481 e. The molecule has 55 heavy (non-hydrogen) atoms. The summed E-state index contributed by atoms with van der Waals surface area (Å²) in [6.07, 6.45) is 6.91. The van der Waals surface area contributed by atoms with Crippen LogP contribution in [0.25, 0.3) is 11.0 Å². The van der Waals surface area contributed by atoms with Gasteiger partial charge in [0.2, 0.25) is 15.9 Å². The van der Waals surface area contributed by atoms with Crippen LogP contribution in [0.2, 0.25) is 0 Å². The van der Waals surface area contributed by atoms with Crippen LogP contribution in [-0.4, -0.2) is 91.3 Å². The lowest BCUT2D eigenvalue weighted by atomic mass is 9.69. The lowest BCUT2D eigenvalue weighted by Gasteiger charge is -2.35. The minimum absolute atomic E-state index is 0.00290. The molecule has 2 aliphatic carbocycles. The number of carboxylic acid groups (broad SMARTS) is 1. The third-order valence-electron chi connectivity index (χ3n) is 12.2. The van der Waals surface area contributed by atoms with Crippen LogP contribution in [0.3, 0.4) is 0 Å². The van der Waals surface area contributed by atoms with Gasteiger partial charge in [0.05, 0.1) is 23.5 Å². The number of benzene rings is 2. The SMILES string of the molecule is Cc1ccc([C@H](c2ccc3c(nnn3C3CC3)c2C)C(C)(C)C(=O)O)cc1CN1CC2(CC2)Oc2nc(N[C@@](C)(O)CN3CCCCC3)c(C)cc2S1(=O)=O. The van der Waals surface area contributed by atoms with Gasteiger partial charge in [-0.05, 0) is 139 Å². The highest BCUT2D eigenvalue weighted by molar-refractivity contribution is 7.89. The van der Waals surface area contributed by atoms with Crippen molar-refractivity contribution in [2.24, 2.45) is 5.41 Å². The van der Waals surface area contributed by atoms with E-state index in [9.17, 15) is 23.4 Å². The van der Waals surface area contributed by atoms with Crippen LogP contribution in [0.4, 0.5) is 5.82 Å². The van der Waals surface area contributed by atoms with Gasteiger partial charge in [-0.1, -0.05) is 35.9 Å². The lowest BCUT2D eigenvalue weighted by Crippen LogP contribution is -2.48. The molecule has 1 spiro atoms. The highest BCUT2D eigenvalue weighted by Gasteiger charge is 2.53. The topological polar surface area (TPSA) is 163 Å². The van der Waals surface area contributed by atoms with Crippen molar-refractivity contribution in [1.82, 2.24) is 29.2 Å². The largest absolute Gasteiger partial charge is 0.481 e. The number of carboxylic acids is 1. The third-order valence-corrected chi connectivity index (χ3v) is 14.0. The molecule has 2 atom stereocenters. The van der Waals surface area contributed by atoms with Crippen molar-refractivity contribution in [3.63, 3.8) is 0 Å². The van der Waals surface area contributed by atoms with Gasteiger partial charge in [-0.3, -0.25) is 9.69 Å². The highest BCUT2D eigenvalue weighted by Crippen LogP contribution is 2.48. The van der Waals surface area contributed by atoms with Crippen LogP contribution in [0.5, 0.6) is 5.88 Å². The second-order valence-electron chi connectivity index (χ2n) is 17.3. The summed E-state index contributed by atoms with van der Waals surface area (Å²) in [5.74, 6) is -1.08. The number of ether oxygens (including phenoxy) is 1. The number of carbonyl (C=O) groups is 1. The Morgan fingerprint density at radius 2 is 1.76 bits per heavy atom. The van der Waals surface area contributed by atoms with Crippen LogP contribution in [0.1, 0.15) is 111 Å². The Labute approximate surface area is 323 Å². The van der Waals surface area contributed by atoms with E-state index in [-0.39, 0.29) is 23.9 Å². The molecule has 4 heterocycles. The standard InChI is InChI=1S/C41H53N7O6S/c1-25-10-11-28(34(39(4,5)38(49)50)31-14-15-32-35(27(31)3)44-45-48(32)30-12-13-30)21-29(25)22-47-24-41(16-17-41)54-37-33(55(47,52)53)20-26(2)36(42-37)43-40(6,51)23-46-18-8-7-9-19-46/h10-11,14-15,20-21,30,34,51H,7-9,12-13,16-19,22-24H2,1-6H3,(H,42,43)(H,49,50)/t34-,40+/m1/s1. The van der Waals surface area contributed by atoms with E-state index in [4.69, 9.17) is 9.72 Å². The number of hydrogen-bond donors (Lipinski definition) is 3. The summed E-state index contributed by atoms with van der Waals surface area (Å²) in [5, 5.41) is 34.1. The average Bonchev–Trinajstić information content (AvgIpc) is 4.06. The molecule has 2 saturated carbocycles. The molecule has 8 rings (SSSR count). The summed E-state index contributed by atoms with van der Waals surface area (Å²) in [4.78, 5) is 19.9. The Hall–Kier alpha value is -4.11. The van der Waals surface area contributed by atoms with Gasteiger partial charge in [0.15, 0.2) is 0 Å². The molecule has 4 aromatic rings. The molecule has 2 aromatic carbocycles. The van der Waals surface area contributed by atoms with Gasteiger partial charge in [-0.2, -0.15) is 9.29 Å². The van der Waals surface area contributed by atoms with Gasteiger partial charge < -0.3 is 20.3 Å². The number of piperidine rings is 1. The Bertz CT molecular complexity index is 2270. The highest BCUT2D eigenvalue weighted by atomic mass is 32.2. The van der Waals surface area contributed by atoms with Crippen molar-refractivity contribution in [1.29, 1.82) is 0 Å². The van der Waals surface area contributed by atoms with E-state index in [1.54, 1.807) is 33.8 Å². The summed E-state index contributed by atoms with van der Waals surface area (Å²) in [7, 11) is -4.09. The minimum atomic E-state index is -4.09. The molecular weight excluding hydrogens is 719 g/mol. The first-order valence-electron chi connectivity index (χ1n) is 19.6. The predicted octanol–water partition coefficient (Wildman–Crippen LogP) is 6.05. The second kappa shape index (κ2) is 13.5. The Balaban J connectivity index is 1.13. The molecule has 2 aliphatic heterocycles. The molecule has 3 N–H and O–H groups in total. The molecule has 2 aromatic heterocycles. The molecule has 0 amide bonds. The number of nitrogens with one attached hydrogen (secondary N) is 1. The maximum Gasteiger partial charge on any atom is 0.310 e. The van der Waals surface area contributed by atoms with Crippen LogP contribution in [0.15, 0.2) is 41.3 Å². The maximum absolute atomic E-state index is 14.6. The third kappa shape index (κ3) is 7.11.